The minimum atomic E-state index is -0.843. The second-order valence-corrected chi connectivity index (χ2v) is 8.47. The average Bonchev–Trinajstić information content (AvgIpc) is 3.14. The standard InChI is InChI=1S/C23H27ClN4O3/c1-14-11-25-20(15(2)22(14)31-3)13-27-6-8-28(9-7-27)21(23(29)30)18-12-26-19-10-16(24)4-5-17(18)19/h4-5,10-12,21,26H,6-9,13H2,1-3H3,(H,29,30)/t21-/m0/s1. The van der Waals surface area contributed by atoms with Gasteiger partial charge in [0.2, 0.25) is 0 Å². The third-order valence-corrected chi connectivity index (χ3v) is 6.33. The number of aromatic nitrogens is 2. The number of carboxylic acid groups (broad SMARTS) is 1. The number of hydrogen-bond donors (Lipinski definition) is 2. The first-order chi connectivity index (χ1) is 14.9. The summed E-state index contributed by atoms with van der Waals surface area (Å²) >= 11 is 6.07. The van der Waals surface area contributed by atoms with E-state index in [1.807, 2.05) is 37.1 Å². The molecule has 2 aromatic heterocycles. The fraction of sp³-hybridized carbons (Fsp3) is 0.391. The molecule has 1 fully saturated rings. The van der Waals surface area contributed by atoms with Crippen molar-refractivity contribution >= 4 is 28.5 Å². The summed E-state index contributed by atoms with van der Waals surface area (Å²) in [5.74, 6) is 0.0408. The number of aryl methyl sites for hydroxylation is 1. The maximum absolute atomic E-state index is 12.2. The number of H-pyrrole nitrogens is 1. The molecule has 0 spiro atoms. The molecule has 3 heterocycles. The largest absolute Gasteiger partial charge is 0.496 e. The Morgan fingerprint density at radius 2 is 2.03 bits per heavy atom. The molecular weight excluding hydrogens is 416 g/mol. The monoisotopic (exact) mass is 442 g/mol. The maximum atomic E-state index is 12.2. The second-order valence-electron chi connectivity index (χ2n) is 8.03. The van der Waals surface area contributed by atoms with Gasteiger partial charge in [-0.25, -0.2) is 0 Å². The normalized spacial score (nSPS) is 16.5. The van der Waals surface area contributed by atoms with E-state index >= 15 is 0 Å². The lowest BCUT2D eigenvalue weighted by atomic mass is 10.0. The van der Waals surface area contributed by atoms with Crippen molar-refractivity contribution in [3.05, 3.63) is 58.0 Å². The number of nitrogens with one attached hydrogen (secondary N) is 1. The van der Waals surface area contributed by atoms with Gasteiger partial charge in [-0.1, -0.05) is 17.7 Å². The van der Waals surface area contributed by atoms with E-state index < -0.39 is 12.0 Å². The van der Waals surface area contributed by atoms with Gasteiger partial charge in [0.25, 0.3) is 0 Å². The first-order valence-electron chi connectivity index (χ1n) is 10.3. The molecule has 0 bridgehead atoms. The molecule has 3 aromatic rings. The van der Waals surface area contributed by atoms with Gasteiger partial charge in [0.1, 0.15) is 11.8 Å². The summed E-state index contributed by atoms with van der Waals surface area (Å²) < 4.78 is 5.52. The van der Waals surface area contributed by atoms with Gasteiger partial charge in [-0.15, -0.1) is 0 Å². The molecule has 7 nitrogen and oxygen atoms in total. The molecule has 31 heavy (non-hydrogen) atoms. The molecule has 0 aliphatic carbocycles. The van der Waals surface area contributed by atoms with Gasteiger partial charge < -0.3 is 14.8 Å². The van der Waals surface area contributed by atoms with Crippen molar-refractivity contribution in [3.63, 3.8) is 0 Å². The number of aliphatic carboxylic acids is 1. The zero-order valence-corrected chi connectivity index (χ0v) is 18.7. The Kier molecular flexibility index (Phi) is 6.18. The van der Waals surface area contributed by atoms with Gasteiger partial charge in [-0.05, 0) is 26.0 Å². The van der Waals surface area contributed by atoms with Crippen LogP contribution >= 0.6 is 11.6 Å². The van der Waals surface area contributed by atoms with Gasteiger partial charge in [0.15, 0.2) is 0 Å². The summed E-state index contributed by atoms with van der Waals surface area (Å²) in [6, 6.07) is 4.80. The number of ether oxygens (including phenoxy) is 1. The molecule has 0 unspecified atom stereocenters. The van der Waals surface area contributed by atoms with Crippen LogP contribution in [0.2, 0.25) is 5.02 Å². The molecule has 2 N–H and O–H groups in total. The van der Waals surface area contributed by atoms with E-state index in [-0.39, 0.29) is 0 Å². The smallest absolute Gasteiger partial charge is 0.325 e. The van der Waals surface area contributed by atoms with E-state index in [2.05, 4.69) is 14.9 Å². The zero-order valence-electron chi connectivity index (χ0n) is 18.0. The van der Waals surface area contributed by atoms with Crippen molar-refractivity contribution < 1.29 is 14.6 Å². The van der Waals surface area contributed by atoms with Crippen LogP contribution in [0.1, 0.15) is 28.4 Å². The highest BCUT2D eigenvalue weighted by Gasteiger charge is 2.32. The molecule has 0 radical (unpaired) electrons. The number of fused-ring (bicyclic) bond motifs is 1. The van der Waals surface area contributed by atoms with Crippen molar-refractivity contribution in [1.29, 1.82) is 0 Å². The van der Waals surface area contributed by atoms with Crippen molar-refractivity contribution in [3.8, 4) is 5.75 Å². The summed E-state index contributed by atoms with van der Waals surface area (Å²) in [7, 11) is 1.68. The van der Waals surface area contributed by atoms with Gasteiger partial charge in [0.05, 0.1) is 12.8 Å². The van der Waals surface area contributed by atoms with E-state index in [1.54, 1.807) is 19.4 Å². The van der Waals surface area contributed by atoms with Gasteiger partial charge in [-0.3, -0.25) is 19.6 Å². The van der Waals surface area contributed by atoms with Crippen LogP contribution in [0, 0.1) is 13.8 Å². The summed E-state index contributed by atoms with van der Waals surface area (Å²) in [6.45, 7) is 7.63. The van der Waals surface area contributed by atoms with Gasteiger partial charge in [-0.2, -0.15) is 0 Å². The van der Waals surface area contributed by atoms with E-state index in [1.165, 1.54) is 0 Å². The SMILES string of the molecule is COc1c(C)cnc(CN2CCN([C@H](C(=O)O)c3c[nH]c4cc(Cl)ccc34)CC2)c1C. The van der Waals surface area contributed by atoms with Crippen LogP contribution in [0.4, 0.5) is 0 Å². The second kappa shape index (κ2) is 8.86. The summed E-state index contributed by atoms with van der Waals surface area (Å²) in [4.78, 5) is 24.3. The number of carboxylic acids is 1. The topological polar surface area (TPSA) is 81.7 Å². The van der Waals surface area contributed by atoms with Crippen LogP contribution in [0.25, 0.3) is 10.9 Å². The molecular formula is C23H27ClN4O3. The molecule has 1 aromatic carbocycles. The lowest BCUT2D eigenvalue weighted by Gasteiger charge is -2.37. The highest BCUT2D eigenvalue weighted by atomic mass is 35.5. The summed E-state index contributed by atoms with van der Waals surface area (Å²) in [5, 5.41) is 11.5. The number of benzene rings is 1. The number of halogens is 1. The van der Waals surface area contributed by atoms with Gasteiger partial charge in [0, 0.05) is 77.7 Å². The molecule has 164 valence electrons. The molecule has 1 aliphatic rings. The molecule has 1 aliphatic heterocycles. The molecule has 0 amide bonds. The lowest BCUT2D eigenvalue weighted by Crippen LogP contribution is -2.49. The quantitative estimate of drug-likeness (QED) is 0.604. The third kappa shape index (κ3) is 4.26. The predicted molar refractivity (Wildman–Crippen MR) is 121 cm³/mol. The Bertz CT molecular complexity index is 1110. The maximum Gasteiger partial charge on any atom is 0.325 e. The minimum Gasteiger partial charge on any atom is -0.496 e. The van der Waals surface area contributed by atoms with Crippen molar-refractivity contribution in [2.75, 3.05) is 33.3 Å². The number of methoxy groups -OCH3 is 1. The van der Waals surface area contributed by atoms with Crippen molar-refractivity contribution in [2.24, 2.45) is 0 Å². The number of nitrogens with zero attached hydrogens (tertiary/aromatic N) is 3. The predicted octanol–water partition coefficient (Wildman–Crippen LogP) is 3.79. The minimum absolute atomic E-state index is 0.623. The Labute approximate surface area is 186 Å². The van der Waals surface area contributed by atoms with Crippen LogP contribution in [-0.2, 0) is 11.3 Å². The van der Waals surface area contributed by atoms with E-state index in [0.717, 1.165) is 58.7 Å². The molecule has 1 atom stereocenters. The van der Waals surface area contributed by atoms with E-state index in [4.69, 9.17) is 16.3 Å². The lowest BCUT2D eigenvalue weighted by molar-refractivity contribution is -0.144. The Morgan fingerprint density at radius 3 is 2.71 bits per heavy atom. The third-order valence-electron chi connectivity index (χ3n) is 6.10. The summed E-state index contributed by atoms with van der Waals surface area (Å²) in [6.07, 6.45) is 3.64. The zero-order chi connectivity index (χ0) is 22.1. The highest BCUT2D eigenvalue weighted by molar-refractivity contribution is 6.31. The van der Waals surface area contributed by atoms with Crippen LogP contribution < -0.4 is 4.74 Å². The van der Waals surface area contributed by atoms with Crippen LogP contribution in [0.15, 0.2) is 30.6 Å². The Balaban J connectivity index is 1.48. The number of piperazine rings is 1. The first-order valence-corrected chi connectivity index (χ1v) is 10.7. The van der Waals surface area contributed by atoms with Gasteiger partial charge >= 0.3 is 5.97 Å². The highest BCUT2D eigenvalue weighted by Crippen LogP contribution is 2.31. The fourth-order valence-corrected chi connectivity index (χ4v) is 4.63. The molecule has 1 saturated heterocycles. The first kappa shape index (κ1) is 21.6. The summed E-state index contributed by atoms with van der Waals surface area (Å²) in [5.41, 5.74) is 4.71. The molecule has 8 heteroatoms. The fourth-order valence-electron chi connectivity index (χ4n) is 4.45. The van der Waals surface area contributed by atoms with Crippen LogP contribution in [0.5, 0.6) is 5.75 Å². The van der Waals surface area contributed by atoms with Crippen molar-refractivity contribution in [1.82, 2.24) is 19.8 Å². The number of rotatable bonds is 6. The van der Waals surface area contributed by atoms with Crippen molar-refractivity contribution in [2.45, 2.75) is 26.4 Å². The van der Waals surface area contributed by atoms with E-state index in [0.29, 0.717) is 18.1 Å². The Hall–Kier alpha value is -2.61. The van der Waals surface area contributed by atoms with E-state index in [9.17, 15) is 9.90 Å². The molecule has 4 rings (SSSR count). The number of hydrogen-bond acceptors (Lipinski definition) is 5. The Morgan fingerprint density at radius 1 is 1.29 bits per heavy atom. The number of pyridine rings is 1. The average molecular weight is 443 g/mol. The molecule has 0 saturated carbocycles. The number of carbonyl (C=O) groups is 1. The number of aromatic amines is 1. The van der Waals surface area contributed by atoms with Crippen LogP contribution in [0.3, 0.4) is 0 Å². The van der Waals surface area contributed by atoms with Crippen LogP contribution in [-0.4, -0.2) is 64.1 Å².